The van der Waals surface area contributed by atoms with Crippen molar-refractivity contribution in [2.75, 3.05) is 0 Å². The Kier molecular flexibility index (Phi) is 3.95. The highest BCUT2D eigenvalue weighted by Crippen LogP contribution is 2.67. The van der Waals surface area contributed by atoms with Crippen LogP contribution in [0, 0.1) is 34.5 Å². The van der Waals surface area contributed by atoms with Crippen LogP contribution in [0.1, 0.15) is 65.2 Å². The molecule has 1 N–H and O–H groups in total. The van der Waals surface area contributed by atoms with Gasteiger partial charge in [0.2, 0.25) is 0 Å². The Morgan fingerprint density at radius 1 is 0.955 bits per heavy atom. The van der Waals surface area contributed by atoms with Gasteiger partial charge in [0, 0.05) is 4.83 Å². The van der Waals surface area contributed by atoms with Gasteiger partial charge < -0.3 is 5.11 Å². The molecule has 0 aromatic carbocycles. The molecule has 4 fully saturated rings. The lowest BCUT2D eigenvalue weighted by atomic mass is 9.45. The lowest BCUT2D eigenvalue weighted by molar-refractivity contribution is -0.120. The standard InChI is InChI=1S/C19H30BrClO/c1-18-7-5-12(22)9-11(18)3-4-13-14(18)6-8-19(2)15(13)10-16(20)17(19)21/h11-17,22H,3-10H2,1-2H3/t11?,12-,13?,14?,15?,16+,17?,18-,19-/m0/s1. The first kappa shape index (κ1) is 16.2. The van der Waals surface area contributed by atoms with Crippen molar-refractivity contribution < 1.29 is 5.11 Å². The first-order valence-corrected chi connectivity index (χ1v) is 10.7. The van der Waals surface area contributed by atoms with E-state index < -0.39 is 0 Å². The predicted octanol–water partition coefficient (Wildman–Crippen LogP) is 5.37. The molecule has 0 aromatic heterocycles. The molecule has 0 aliphatic heterocycles. The van der Waals surface area contributed by atoms with Crippen molar-refractivity contribution >= 4 is 27.5 Å². The Morgan fingerprint density at radius 2 is 1.68 bits per heavy atom. The molecule has 22 heavy (non-hydrogen) atoms. The SMILES string of the molecule is C[C@]12CC[C@H](O)CC1CCC1C2CC[C@@]2(C)C1C[C@@H](Br)C2Cl. The predicted molar refractivity (Wildman–Crippen MR) is 95.5 cm³/mol. The average Bonchev–Trinajstić information content (AvgIpc) is 2.72. The second-order valence-electron chi connectivity index (χ2n) is 9.28. The van der Waals surface area contributed by atoms with Gasteiger partial charge in [-0.1, -0.05) is 29.8 Å². The molecule has 4 aliphatic carbocycles. The summed E-state index contributed by atoms with van der Waals surface area (Å²) < 4.78 is 0. The van der Waals surface area contributed by atoms with E-state index in [0.29, 0.717) is 21.0 Å². The number of aliphatic hydroxyl groups is 1. The molecule has 4 rings (SSSR count). The van der Waals surface area contributed by atoms with E-state index in [0.717, 1.165) is 36.5 Å². The van der Waals surface area contributed by atoms with E-state index in [-0.39, 0.29) is 6.10 Å². The summed E-state index contributed by atoms with van der Waals surface area (Å²) in [5.41, 5.74) is 0.823. The van der Waals surface area contributed by atoms with Crippen LogP contribution in [0.2, 0.25) is 0 Å². The normalized spacial score (nSPS) is 61.2. The van der Waals surface area contributed by atoms with Crippen LogP contribution in [0.3, 0.4) is 0 Å². The number of hydrogen-bond donors (Lipinski definition) is 1. The van der Waals surface area contributed by atoms with Gasteiger partial charge in [0.15, 0.2) is 0 Å². The van der Waals surface area contributed by atoms with Gasteiger partial charge in [0.05, 0.1) is 11.5 Å². The molecule has 0 amide bonds. The summed E-state index contributed by atoms with van der Waals surface area (Å²) in [4.78, 5) is 0.502. The molecule has 9 atom stereocenters. The Balaban J connectivity index is 1.63. The third-order valence-electron chi connectivity index (χ3n) is 8.50. The molecule has 4 aliphatic rings. The first-order valence-electron chi connectivity index (χ1n) is 9.32. The summed E-state index contributed by atoms with van der Waals surface area (Å²) in [6, 6.07) is 0. The zero-order valence-corrected chi connectivity index (χ0v) is 16.2. The van der Waals surface area contributed by atoms with Crippen molar-refractivity contribution in [3.05, 3.63) is 0 Å². The summed E-state index contributed by atoms with van der Waals surface area (Å²) in [6.45, 7) is 5.02. The van der Waals surface area contributed by atoms with Crippen molar-refractivity contribution in [2.45, 2.75) is 81.5 Å². The molecule has 0 bridgehead atoms. The largest absolute Gasteiger partial charge is 0.393 e. The number of hydrogen-bond acceptors (Lipinski definition) is 1. The van der Waals surface area contributed by atoms with E-state index in [2.05, 4.69) is 29.8 Å². The molecule has 5 unspecified atom stereocenters. The number of fused-ring (bicyclic) bond motifs is 5. The van der Waals surface area contributed by atoms with Gasteiger partial charge in [-0.25, -0.2) is 0 Å². The smallest absolute Gasteiger partial charge is 0.0543 e. The molecule has 0 radical (unpaired) electrons. The summed E-state index contributed by atoms with van der Waals surface area (Å²) in [5, 5.41) is 10.4. The summed E-state index contributed by atoms with van der Waals surface area (Å²) >= 11 is 10.7. The molecule has 0 saturated heterocycles. The lowest BCUT2D eigenvalue weighted by Crippen LogP contribution is -2.54. The fraction of sp³-hybridized carbons (Fsp3) is 1.00. The van der Waals surface area contributed by atoms with Gasteiger partial charge >= 0.3 is 0 Å². The van der Waals surface area contributed by atoms with Crippen LogP contribution in [0.15, 0.2) is 0 Å². The number of rotatable bonds is 0. The minimum Gasteiger partial charge on any atom is -0.393 e. The maximum Gasteiger partial charge on any atom is 0.0543 e. The Bertz CT molecular complexity index is 457. The fourth-order valence-corrected chi connectivity index (χ4v) is 8.53. The maximum absolute atomic E-state index is 10.1. The van der Waals surface area contributed by atoms with Crippen molar-refractivity contribution in [3.63, 3.8) is 0 Å². The highest BCUT2D eigenvalue weighted by Gasteiger charge is 2.61. The van der Waals surface area contributed by atoms with Crippen LogP contribution in [0.4, 0.5) is 0 Å². The van der Waals surface area contributed by atoms with E-state index in [1.165, 1.54) is 38.5 Å². The highest BCUT2D eigenvalue weighted by atomic mass is 79.9. The van der Waals surface area contributed by atoms with Crippen LogP contribution in [-0.4, -0.2) is 21.4 Å². The minimum atomic E-state index is -0.0332. The van der Waals surface area contributed by atoms with Crippen LogP contribution >= 0.6 is 27.5 Å². The second-order valence-corrected chi connectivity index (χ2v) is 10.9. The molecule has 0 heterocycles. The number of halogens is 2. The zero-order valence-electron chi connectivity index (χ0n) is 13.9. The number of aliphatic hydroxyl groups excluding tert-OH is 1. The summed E-state index contributed by atoms with van der Waals surface area (Å²) in [6.07, 6.45) is 9.94. The monoisotopic (exact) mass is 388 g/mol. The summed E-state index contributed by atoms with van der Waals surface area (Å²) in [7, 11) is 0. The van der Waals surface area contributed by atoms with Gasteiger partial charge in [-0.15, -0.1) is 11.6 Å². The third kappa shape index (κ3) is 2.12. The van der Waals surface area contributed by atoms with Gasteiger partial charge in [-0.2, -0.15) is 0 Å². The lowest BCUT2D eigenvalue weighted by Gasteiger charge is -2.60. The molecular weight excluding hydrogens is 360 g/mol. The van der Waals surface area contributed by atoms with E-state index in [9.17, 15) is 5.11 Å². The molecule has 1 nitrogen and oxygen atoms in total. The van der Waals surface area contributed by atoms with Crippen molar-refractivity contribution in [1.82, 2.24) is 0 Å². The second kappa shape index (κ2) is 5.36. The van der Waals surface area contributed by atoms with E-state index >= 15 is 0 Å². The maximum atomic E-state index is 10.1. The quantitative estimate of drug-likeness (QED) is 0.552. The van der Waals surface area contributed by atoms with Crippen molar-refractivity contribution in [1.29, 1.82) is 0 Å². The van der Waals surface area contributed by atoms with E-state index in [4.69, 9.17) is 11.6 Å². The van der Waals surface area contributed by atoms with Crippen molar-refractivity contribution in [2.24, 2.45) is 34.5 Å². The van der Waals surface area contributed by atoms with Crippen molar-refractivity contribution in [3.8, 4) is 0 Å². The molecule has 3 heteroatoms. The summed E-state index contributed by atoms with van der Waals surface area (Å²) in [5.74, 6) is 3.31. The van der Waals surface area contributed by atoms with E-state index in [1.807, 2.05) is 0 Å². The van der Waals surface area contributed by atoms with Gasteiger partial charge in [0.25, 0.3) is 0 Å². The Labute approximate surface area is 148 Å². The molecule has 4 saturated carbocycles. The fourth-order valence-electron chi connectivity index (χ4n) is 7.14. The topological polar surface area (TPSA) is 20.2 Å². The van der Waals surface area contributed by atoms with E-state index in [1.54, 1.807) is 0 Å². The minimum absolute atomic E-state index is 0.0332. The van der Waals surface area contributed by atoms with Gasteiger partial charge in [-0.3, -0.25) is 0 Å². The van der Waals surface area contributed by atoms with Crippen LogP contribution < -0.4 is 0 Å². The van der Waals surface area contributed by atoms with Gasteiger partial charge in [-0.05, 0) is 85.9 Å². The van der Waals surface area contributed by atoms with Crippen LogP contribution in [-0.2, 0) is 0 Å². The molecule has 126 valence electrons. The average molecular weight is 390 g/mol. The van der Waals surface area contributed by atoms with Crippen LogP contribution in [0.25, 0.3) is 0 Å². The van der Waals surface area contributed by atoms with Gasteiger partial charge in [0.1, 0.15) is 0 Å². The number of alkyl halides is 2. The Morgan fingerprint density at radius 3 is 2.45 bits per heavy atom. The highest BCUT2D eigenvalue weighted by molar-refractivity contribution is 9.09. The molecular formula is C19H30BrClO. The Hall–Kier alpha value is 0.730. The molecule has 0 spiro atoms. The third-order valence-corrected chi connectivity index (χ3v) is 10.5. The zero-order chi connectivity index (χ0) is 15.7. The molecule has 0 aromatic rings. The van der Waals surface area contributed by atoms with Crippen LogP contribution in [0.5, 0.6) is 0 Å². The first-order chi connectivity index (χ1) is 10.4.